The molecule has 1 heterocycles. The minimum atomic E-state index is -0.590. The van der Waals surface area contributed by atoms with Crippen LogP contribution in [0.2, 0.25) is 0 Å². The van der Waals surface area contributed by atoms with Gasteiger partial charge in [0.25, 0.3) is 0 Å². The van der Waals surface area contributed by atoms with Gasteiger partial charge in [-0.05, 0) is 10.0 Å². The molecular formula is C3H4N4O2. The number of hydrogen-bond donors (Lipinski definition) is 0. The van der Waals surface area contributed by atoms with Crippen molar-refractivity contribution in [1.82, 2.24) is 14.8 Å². The Morgan fingerprint density at radius 1 is 1.89 bits per heavy atom. The highest BCUT2D eigenvalue weighted by molar-refractivity contribution is 4.99. The zero-order valence-electron chi connectivity index (χ0n) is 4.68. The van der Waals surface area contributed by atoms with Gasteiger partial charge in [-0.25, -0.2) is 4.57 Å². The Hall–Kier alpha value is -1.46. The first-order valence-electron chi connectivity index (χ1n) is 2.20. The molecule has 0 atom stereocenters. The molecule has 0 amide bonds. The summed E-state index contributed by atoms with van der Waals surface area (Å²) in [5.74, 6) is -0.241. The van der Waals surface area contributed by atoms with Crippen LogP contribution in [0, 0.1) is 10.1 Å². The first-order valence-corrected chi connectivity index (χ1v) is 2.20. The van der Waals surface area contributed by atoms with Crippen LogP contribution < -0.4 is 0 Å². The SMILES string of the molecule is Cn1cnnc1[N+](=O)[O-]. The van der Waals surface area contributed by atoms with Gasteiger partial charge in [-0.3, -0.25) is 0 Å². The van der Waals surface area contributed by atoms with Crippen LogP contribution >= 0.6 is 0 Å². The second kappa shape index (κ2) is 1.81. The Balaban J connectivity index is 3.08. The Labute approximate surface area is 50.3 Å². The lowest BCUT2D eigenvalue weighted by molar-refractivity contribution is -0.396. The average Bonchev–Trinajstić information content (AvgIpc) is 2.13. The van der Waals surface area contributed by atoms with Crippen molar-refractivity contribution in [2.45, 2.75) is 0 Å². The fourth-order valence-corrected chi connectivity index (χ4v) is 0.442. The molecule has 1 rings (SSSR count). The predicted molar refractivity (Wildman–Crippen MR) is 27.7 cm³/mol. The summed E-state index contributed by atoms with van der Waals surface area (Å²) in [4.78, 5) is 9.37. The summed E-state index contributed by atoms with van der Waals surface area (Å²) < 4.78 is 1.24. The van der Waals surface area contributed by atoms with Gasteiger partial charge in [0, 0.05) is 0 Å². The van der Waals surface area contributed by atoms with E-state index in [9.17, 15) is 10.1 Å². The van der Waals surface area contributed by atoms with E-state index in [1.165, 1.54) is 17.9 Å². The standard InChI is InChI=1S/C3H4N4O2/c1-6-2-4-5-3(6)7(8)9/h2H,1H3. The summed E-state index contributed by atoms with van der Waals surface area (Å²) in [6, 6.07) is 0. The van der Waals surface area contributed by atoms with E-state index in [1.807, 2.05) is 0 Å². The van der Waals surface area contributed by atoms with E-state index in [-0.39, 0.29) is 5.95 Å². The summed E-state index contributed by atoms with van der Waals surface area (Å²) >= 11 is 0. The predicted octanol–water partition coefficient (Wildman–Crippen LogP) is -0.277. The average molecular weight is 128 g/mol. The molecule has 0 N–H and O–H groups in total. The lowest BCUT2D eigenvalue weighted by atomic mass is 11.0. The normalized spacial score (nSPS) is 9.44. The van der Waals surface area contributed by atoms with Gasteiger partial charge >= 0.3 is 5.95 Å². The Morgan fingerprint density at radius 3 is 2.78 bits per heavy atom. The summed E-state index contributed by atoms with van der Waals surface area (Å²) in [5, 5.41) is 16.5. The van der Waals surface area contributed by atoms with E-state index in [0.29, 0.717) is 0 Å². The Morgan fingerprint density at radius 2 is 2.56 bits per heavy atom. The van der Waals surface area contributed by atoms with Crippen LogP contribution in [0.5, 0.6) is 0 Å². The maximum atomic E-state index is 9.97. The van der Waals surface area contributed by atoms with Crippen molar-refractivity contribution in [3.8, 4) is 0 Å². The fourth-order valence-electron chi connectivity index (χ4n) is 0.442. The molecule has 6 heteroatoms. The van der Waals surface area contributed by atoms with E-state index < -0.39 is 4.92 Å². The van der Waals surface area contributed by atoms with E-state index in [1.54, 1.807) is 0 Å². The van der Waals surface area contributed by atoms with Crippen LogP contribution in [0.3, 0.4) is 0 Å². The molecule has 0 fully saturated rings. The van der Waals surface area contributed by atoms with Gasteiger partial charge in [-0.1, -0.05) is 0 Å². The highest BCUT2D eigenvalue weighted by Gasteiger charge is 2.10. The van der Waals surface area contributed by atoms with Crippen molar-refractivity contribution in [3.05, 3.63) is 16.4 Å². The van der Waals surface area contributed by atoms with Gasteiger partial charge in [0.05, 0.1) is 12.1 Å². The number of nitro groups is 1. The fraction of sp³-hybridized carbons (Fsp3) is 0.333. The van der Waals surface area contributed by atoms with Crippen molar-refractivity contribution < 1.29 is 4.92 Å². The topological polar surface area (TPSA) is 73.8 Å². The Bertz CT molecular complexity index is 229. The van der Waals surface area contributed by atoms with Gasteiger partial charge in [0.1, 0.15) is 0 Å². The molecular weight excluding hydrogens is 124 g/mol. The second-order valence-electron chi connectivity index (χ2n) is 1.50. The van der Waals surface area contributed by atoms with Gasteiger partial charge in [-0.2, -0.15) is 0 Å². The zero-order chi connectivity index (χ0) is 6.85. The lowest BCUT2D eigenvalue weighted by Crippen LogP contribution is -1.96. The number of aromatic nitrogens is 3. The summed E-state index contributed by atoms with van der Waals surface area (Å²) in [6.45, 7) is 0. The van der Waals surface area contributed by atoms with E-state index in [4.69, 9.17) is 0 Å². The molecule has 1 aromatic rings. The van der Waals surface area contributed by atoms with Crippen LogP contribution in [-0.2, 0) is 7.05 Å². The van der Waals surface area contributed by atoms with Gasteiger partial charge in [0.15, 0.2) is 6.33 Å². The quantitative estimate of drug-likeness (QED) is 0.385. The molecule has 0 aliphatic rings. The third-order valence-electron chi connectivity index (χ3n) is 0.851. The minimum absolute atomic E-state index is 0.241. The smallest absolute Gasteiger partial charge is 0.390 e. The molecule has 0 aromatic carbocycles. The number of aryl methyl sites for hydroxylation is 1. The van der Waals surface area contributed by atoms with Crippen LogP contribution in [0.4, 0.5) is 5.95 Å². The zero-order valence-corrected chi connectivity index (χ0v) is 4.68. The number of hydrogen-bond acceptors (Lipinski definition) is 4. The van der Waals surface area contributed by atoms with Gasteiger partial charge in [-0.15, -0.1) is 0 Å². The van der Waals surface area contributed by atoms with Crippen LogP contribution in [-0.4, -0.2) is 19.7 Å². The maximum Gasteiger partial charge on any atom is 0.458 e. The van der Waals surface area contributed by atoms with Crippen molar-refractivity contribution in [1.29, 1.82) is 0 Å². The molecule has 0 bridgehead atoms. The third kappa shape index (κ3) is 0.857. The maximum absolute atomic E-state index is 9.97. The van der Waals surface area contributed by atoms with Gasteiger partial charge < -0.3 is 10.1 Å². The molecule has 0 saturated heterocycles. The largest absolute Gasteiger partial charge is 0.458 e. The first kappa shape index (κ1) is 5.67. The molecule has 0 radical (unpaired) electrons. The minimum Gasteiger partial charge on any atom is -0.390 e. The molecule has 0 spiro atoms. The molecule has 48 valence electrons. The van der Waals surface area contributed by atoms with E-state index in [2.05, 4.69) is 10.2 Å². The summed E-state index contributed by atoms with van der Waals surface area (Å²) in [6.07, 6.45) is 1.28. The molecule has 0 aliphatic heterocycles. The Kier molecular flexibility index (Phi) is 1.14. The first-order chi connectivity index (χ1) is 4.22. The number of rotatable bonds is 1. The molecule has 0 unspecified atom stereocenters. The van der Waals surface area contributed by atoms with Crippen molar-refractivity contribution in [2.75, 3.05) is 0 Å². The van der Waals surface area contributed by atoms with E-state index in [0.717, 1.165) is 0 Å². The molecule has 0 aliphatic carbocycles. The number of nitrogens with zero attached hydrogens (tertiary/aromatic N) is 4. The second-order valence-corrected chi connectivity index (χ2v) is 1.50. The van der Waals surface area contributed by atoms with Crippen molar-refractivity contribution in [3.63, 3.8) is 0 Å². The highest BCUT2D eigenvalue weighted by Crippen LogP contribution is 1.99. The molecule has 9 heavy (non-hydrogen) atoms. The molecule has 6 nitrogen and oxygen atoms in total. The highest BCUT2D eigenvalue weighted by atomic mass is 16.6. The monoisotopic (exact) mass is 128 g/mol. The summed E-state index contributed by atoms with van der Waals surface area (Å²) in [7, 11) is 1.51. The third-order valence-corrected chi connectivity index (χ3v) is 0.851. The molecule has 0 saturated carbocycles. The van der Waals surface area contributed by atoms with Crippen molar-refractivity contribution >= 4 is 5.95 Å². The lowest BCUT2D eigenvalue weighted by Gasteiger charge is -1.88. The summed E-state index contributed by atoms with van der Waals surface area (Å²) in [5.41, 5.74) is 0. The van der Waals surface area contributed by atoms with Crippen LogP contribution in [0.15, 0.2) is 6.33 Å². The van der Waals surface area contributed by atoms with Gasteiger partial charge in [0.2, 0.25) is 0 Å². The molecule has 1 aromatic heterocycles. The van der Waals surface area contributed by atoms with Crippen LogP contribution in [0.25, 0.3) is 0 Å². The van der Waals surface area contributed by atoms with E-state index >= 15 is 0 Å². The van der Waals surface area contributed by atoms with Crippen molar-refractivity contribution in [2.24, 2.45) is 7.05 Å². The van der Waals surface area contributed by atoms with Crippen LogP contribution in [0.1, 0.15) is 0 Å².